The minimum Gasteiger partial charge on any atom is -0.333 e. The summed E-state index contributed by atoms with van der Waals surface area (Å²) in [5.41, 5.74) is 0.871. The summed E-state index contributed by atoms with van der Waals surface area (Å²) in [7, 11) is 1.78. The number of fused-ring (bicyclic) bond motifs is 1. The zero-order chi connectivity index (χ0) is 14.1. The molecular formula is C13H16N6O. The van der Waals surface area contributed by atoms with Crippen LogP contribution in [0.2, 0.25) is 0 Å². The van der Waals surface area contributed by atoms with Crippen LogP contribution in [-0.4, -0.2) is 28.9 Å². The lowest BCUT2D eigenvalue weighted by Gasteiger charge is -2.07. The number of rotatable bonds is 4. The summed E-state index contributed by atoms with van der Waals surface area (Å²) < 4.78 is 5.19. The monoisotopic (exact) mass is 272 g/mol. The van der Waals surface area contributed by atoms with Crippen LogP contribution in [0.25, 0.3) is 11.0 Å². The smallest absolute Gasteiger partial charge is 0.282 e. The molecule has 0 aliphatic heterocycles. The molecule has 20 heavy (non-hydrogen) atoms. The van der Waals surface area contributed by atoms with E-state index in [-0.39, 0.29) is 5.56 Å². The van der Waals surface area contributed by atoms with Gasteiger partial charge < -0.3 is 4.57 Å². The van der Waals surface area contributed by atoms with Crippen LogP contribution in [0.3, 0.4) is 0 Å². The van der Waals surface area contributed by atoms with Crippen molar-refractivity contribution in [3.05, 3.63) is 41.1 Å². The molecule has 0 aromatic carbocycles. The molecular weight excluding hydrogens is 256 g/mol. The number of hydrogen-bond donors (Lipinski definition) is 0. The third-order valence-electron chi connectivity index (χ3n) is 3.19. The summed E-state index contributed by atoms with van der Waals surface area (Å²) in [4.78, 5) is 20.9. The minimum atomic E-state index is -0.137. The van der Waals surface area contributed by atoms with Crippen LogP contribution in [0.5, 0.6) is 0 Å². The Labute approximate surface area is 115 Å². The second-order valence-corrected chi connectivity index (χ2v) is 4.75. The van der Waals surface area contributed by atoms with E-state index >= 15 is 0 Å². The molecule has 0 saturated heterocycles. The third-order valence-corrected chi connectivity index (χ3v) is 3.19. The number of imidazole rings is 1. The van der Waals surface area contributed by atoms with E-state index in [1.807, 2.05) is 6.20 Å². The van der Waals surface area contributed by atoms with E-state index in [1.54, 1.807) is 35.0 Å². The Hall–Kier alpha value is -2.44. The standard InChI is InChI=1S/C13H16N6O/c1-3-5-18-6-4-14-11(18)8-19-9-15-10-7-17(2)16-12(10)13(19)20/h4,6-7,9H,3,5,8H2,1-2H3. The molecule has 0 radical (unpaired) electrons. The summed E-state index contributed by atoms with van der Waals surface area (Å²) in [6.07, 6.45) is 7.99. The first kappa shape index (κ1) is 12.6. The molecule has 3 aromatic rings. The van der Waals surface area contributed by atoms with Crippen molar-refractivity contribution in [2.45, 2.75) is 26.4 Å². The molecule has 3 rings (SSSR count). The van der Waals surface area contributed by atoms with Crippen molar-refractivity contribution in [3.63, 3.8) is 0 Å². The molecule has 0 atom stereocenters. The van der Waals surface area contributed by atoms with E-state index in [0.29, 0.717) is 17.6 Å². The van der Waals surface area contributed by atoms with Gasteiger partial charge in [-0.25, -0.2) is 9.97 Å². The summed E-state index contributed by atoms with van der Waals surface area (Å²) in [6.45, 7) is 3.41. The van der Waals surface area contributed by atoms with Gasteiger partial charge in [0.2, 0.25) is 0 Å². The first-order valence-corrected chi connectivity index (χ1v) is 6.58. The molecule has 0 N–H and O–H groups in total. The quantitative estimate of drug-likeness (QED) is 0.704. The van der Waals surface area contributed by atoms with Crippen LogP contribution in [0, 0.1) is 0 Å². The lowest BCUT2D eigenvalue weighted by molar-refractivity contribution is 0.602. The first-order valence-electron chi connectivity index (χ1n) is 6.58. The average molecular weight is 272 g/mol. The third kappa shape index (κ3) is 2.11. The predicted octanol–water partition coefficient (Wildman–Crippen LogP) is 0.785. The van der Waals surface area contributed by atoms with E-state index in [2.05, 4.69) is 26.6 Å². The van der Waals surface area contributed by atoms with E-state index in [0.717, 1.165) is 18.8 Å². The van der Waals surface area contributed by atoms with Crippen molar-refractivity contribution in [1.82, 2.24) is 28.9 Å². The minimum absolute atomic E-state index is 0.137. The van der Waals surface area contributed by atoms with Crippen molar-refractivity contribution < 1.29 is 0 Å². The Kier molecular flexibility index (Phi) is 3.09. The van der Waals surface area contributed by atoms with Crippen LogP contribution >= 0.6 is 0 Å². The van der Waals surface area contributed by atoms with Crippen LogP contribution < -0.4 is 5.56 Å². The van der Waals surface area contributed by atoms with Gasteiger partial charge in [-0.05, 0) is 6.42 Å². The van der Waals surface area contributed by atoms with Gasteiger partial charge in [-0.2, -0.15) is 5.10 Å². The number of nitrogens with zero attached hydrogens (tertiary/aromatic N) is 6. The highest BCUT2D eigenvalue weighted by Gasteiger charge is 2.10. The second kappa shape index (κ2) is 4.92. The van der Waals surface area contributed by atoms with E-state index in [4.69, 9.17) is 0 Å². The normalized spacial score (nSPS) is 11.3. The Morgan fingerprint density at radius 3 is 2.90 bits per heavy atom. The zero-order valence-corrected chi connectivity index (χ0v) is 11.5. The summed E-state index contributed by atoms with van der Waals surface area (Å²) >= 11 is 0. The molecule has 0 amide bonds. The molecule has 0 saturated carbocycles. The first-order chi connectivity index (χ1) is 9.69. The molecule has 3 aromatic heterocycles. The van der Waals surface area contributed by atoms with Crippen LogP contribution in [0.4, 0.5) is 0 Å². The fraction of sp³-hybridized carbons (Fsp3) is 0.385. The Morgan fingerprint density at radius 1 is 1.25 bits per heavy atom. The Bertz CT molecular complexity index is 797. The van der Waals surface area contributed by atoms with Gasteiger partial charge in [-0.15, -0.1) is 0 Å². The summed E-state index contributed by atoms with van der Waals surface area (Å²) in [5, 5.41) is 4.16. The van der Waals surface area contributed by atoms with Gasteiger partial charge in [0.15, 0.2) is 5.52 Å². The molecule has 0 bridgehead atoms. The highest BCUT2D eigenvalue weighted by atomic mass is 16.1. The fourth-order valence-corrected chi connectivity index (χ4v) is 2.24. The van der Waals surface area contributed by atoms with Crippen molar-refractivity contribution in [2.24, 2.45) is 7.05 Å². The van der Waals surface area contributed by atoms with Crippen LogP contribution in [0.1, 0.15) is 19.2 Å². The number of hydrogen-bond acceptors (Lipinski definition) is 4. The molecule has 0 unspecified atom stereocenters. The number of aromatic nitrogens is 6. The zero-order valence-electron chi connectivity index (χ0n) is 11.5. The SMILES string of the molecule is CCCn1ccnc1Cn1cnc2cn(C)nc2c1=O. The summed E-state index contributed by atoms with van der Waals surface area (Å²) in [5.74, 6) is 0.853. The van der Waals surface area contributed by atoms with E-state index < -0.39 is 0 Å². The largest absolute Gasteiger partial charge is 0.333 e. The van der Waals surface area contributed by atoms with Gasteiger partial charge in [-0.3, -0.25) is 14.0 Å². The van der Waals surface area contributed by atoms with Crippen LogP contribution in [-0.2, 0) is 20.1 Å². The lowest BCUT2D eigenvalue weighted by atomic mass is 10.4. The maximum Gasteiger partial charge on any atom is 0.282 e. The van der Waals surface area contributed by atoms with Crippen molar-refractivity contribution in [1.29, 1.82) is 0 Å². The fourth-order valence-electron chi connectivity index (χ4n) is 2.24. The van der Waals surface area contributed by atoms with Crippen LogP contribution in [0.15, 0.2) is 29.7 Å². The lowest BCUT2D eigenvalue weighted by Crippen LogP contribution is -2.23. The summed E-state index contributed by atoms with van der Waals surface area (Å²) in [6, 6.07) is 0. The molecule has 0 aliphatic rings. The van der Waals surface area contributed by atoms with Gasteiger partial charge in [0.25, 0.3) is 5.56 Å². The maximum absolute atomic E-state index is 12.3. The number of aryl methyl sites for hydroxylation is 2. The van der Waals surface area contributed by atoms with Gasteiger partial charge in [-0.1, -0.05) is 6.92 Å². The molecule has 0 aliphatic carbocycles. The van der Waals surface area contributed by atoms with Gasteiger partial charge in [0, 0.05) is 26.0 Å². The second-order valence-electron chi connectivity index (χ2n) is 4.75. The van der Waals surface area contributed by atoms with E-state index in [1.165, 1.54) is 0 Å². The molecule has 104 valence electrons. The Morgan fingerprint density at radius 2 is 2.10 bits per heavy atom. The molecule has 7 heteroatoms. The Balaban J connectivity index is 2.00. The van der Waals surface area contributed by atoms with Gasteiger partial charge >= 0.3 is 0 Å². The van der Waals surface area contributed by atoms with Crippen molar-refractivity contribution >= 4 is 11.0 Å². The topological polar surface area (TPSA) is 70.5 Å². The van der Waals surface area contributed by atoms with Gasteiger partial charge in [0.05, 0.1) is 19.1 Å². The average Bonchev–Trinajstić information content (AvgIpc) is 3.00. The van der Waals surface area contributed by atoms with Crippen molar-refractivity contribution in [2.75, 3.05) is 0 Å². The highest BCUT2D eigenvalue weighted by Crippen LogP contribution is 2.05. The van der Waals surface area contributed by atoms with Crippen molar-refractivity contribution in [3.8, 4) is 0 Å². The van der Waals surface area contributed by atoms with E-state index in [9.17, 15) is 4.79 Å². The highest BCUT2D eigenvalue weighted by molar-refractivity contribution is 5.71. The molecule has 0 spiro atoms. The molecule has 0 fully saturated rings. The maximum atomic E-state index is 12.3. The van der Waals surface area contributed by atoms with Gasteiger partial charge in [0.1, 0.15) is 11.3 Å². The predicted molar refractivity (Wildman–Crippen MR) is 74.4 cm³/mol. The molecule has 3 heterocycles. The molecule has 7 nitrogen and oxygen atoms in total.